The lowest BCUT2D eigenvalue weighted by atomic mass is 9.97. The normalized spacial score (nSPS) is 11.8. The maximum Gasteiger partial charge on any atom is 0.232 e. The van der Waals surface area contributed by atoms with Crippen LogP contribution in [0.25, 0.3) is 11.6 Å². The summed E-state index contributed by atoms with van der Waals surface area (Å²) in [5.41, 5.74) is -0.161. The quantitative estimate of drug-likeness (QED) is 0.497. The molecule has 0 amide bonds. The van der Waals surface area contributed by atoms with Gasteiger partial charge in [-0.2, -0.15) is 4.98 Å². The number of hydrogen-bond acceptors (Lipinski definition) is 7. The van der Waals surface area contributed by atoms with E-state index in [9.17, 15) is 0 Å². The zero-order valence-electron chi connectivity index (χ0n) is 13.9. The van der Waals surface area contributed by atoms with Crippen LogP contribution in [0.15, 0.2) is 45.1 Å². The maximum absolute atomic E-state index is 5.42. The van der Waals surface area contributed by atoms with E-state index in [2.05, 4.69) is 26.9 Å². The van der Waals surface area contributed by atoms with Crippen LogP contribution < -0.4 is 0 Å². The van der Waals surface area contributed by atoms with Gasteiger partial charge in [-0.05, 0) is 12.1 Å². The molecule has 0 bridgehead atoms. The number of rotatable bonds is 6. The van der Waals surface area contributed by atoms with Crippen molar-refractivity contribution in [3.8, 4) is 11.6 Å². The van der Waals surface area contributed by atoms with Crippen molar-refractivity contribution in [3.63, 3.8) is 0 Å². The maximum atomic E-state index is 5.42. The van der Waals surface area contributed by atoms with Crippen molar-refractivity contribution in [1.29, 1.82) is 0 Å². The van der Waals surface area contributed by atoms with Gasteiger partial charge in [-0.25, -0.2) is 0 Å². The highest BCUT2D eigenvalue weighted by Crippen LogP contribution is 2.27. The molecule has 0 unspecified atom stereocenters. The van der Waals surface area contributed by atoms with Crippen LogP contribution >= 0.6 is 11.8 Å². The molecule has 3 rings (SSSR count). The van der Waals surface area contributed by atoms with Crippen molar-refractivity contribution >= 4 is 11.8 Å². The van der Waals surface area contributed by atoms with Crippen molar-refractivity contribution in [3.05, 3.63) is 42.8 Å². The molecule has 24 heavy (non-hydrogen) atoms. The van der Waals surface area contributed by atoms with Gasteiger partial charge >= 0.3 is 0 Å². The fourth-order valence-corrected chi connectivity index (χ4v) is 2.81. The second kappa shape index (κ2) is 6.64. The minimum Gasteiger partial charge on any atom is -0.461 e. The van der Waals surface area contributed by atoms with Crippen molar-refractivity contribution in [2.24, 2.45) is 0 Å². The van der Waals surface area contributed by atoms with E-state index in [1.54, 1.807) is 12.3 Å². The van der Waals surface area contributed by atoms with Gasteiger partial charge in [0.15, 0.2) is 16.7 Å². The lowest BCUT2D eigenvalue weighted by Crippen LogP contribution is -2.11. The highest BCUT2D eigenvalue weighted by Gasteiger charge is 2.22. The Labute approximate surface area is 144 Å². The molecule has 0 aromatic carbocycles. The van der Waals surface area contributed by atoms with Crippen LogP contribution in [-0.2, 0) is 17.7 Å². The summed E-state index contributed by atoms with van der Waals surface area (Å²) in [6.45, 7) is 10.5. The van der Waals surface area contributed by atoms with Crippen LogP contribution in [0.5, 0.6) is 0 Å². The molecule has 3 aromatic heterocycles. The van der Waals surface area contributed by atoms with Gasteiger partial charge in [-0.3, -0.25) is 4.57 Å². The third kappa shape index (κ3) is 3.43. The predicted octanol–water partition coefficient (Wildman–Crippen LogP) is 3.70. The Morgan fingerprint density at radius 2 is 2.17 bits per heavy atom. The standard InChI is InChI=1S/C16H19N5O2S/c1-5-8-21-13(11-7-6-9-22-11)18-19-15(21)24-10-12-17-14(23-20-12)16(2,3)4/h5-7,9H,1,8,10H2,2-4H3. The second-order valence-corrected chi connectivity index (χ2v) is 7.18. The summed E-state index contributed by atoms with van der Waals surface area (Å²) >= 11 is 1.50. The van der Waals surface area contributed by atoms with Crippen LogP contribution in [0, 0.1) is 0 Å². The molecule has 0 atom stereocenters. The van der Waals surface area contributed by atoms with E-state index in [0.29, 0.717) is 35.6 Å². The van der Waals surface area contributed by atoms with Crippen molar-refractivity contribution in [2.75, 3.05) is 0 Å². The first-order chi connectivity index (χ1) is 11.5. The highest BCUT2D eigenvalue weighted by molar-refractivity contribution is 7.98. The molecule has 8 heteroatoms. The van der Waals surface area contributed by atoms with Crippen LogP contribution in [0.3, 0.4) is 0 Å². The SMILES string of the molecule is C=CCn1c(SCc2noc(C(C)(C)C)n2)nnc1-c1ccco1. The van der Waals surface area contributed by atoms with Gasteiger partial charge in [0, 0.05) is 12.0 Å². The summed E-state index contributed by atoms with van der Waals surface area (Å²) in [6, 6.07) is 3.68. The van der Waals surface area contributed by atoms with Crippen LogP contribution in [-0.4, -0.2) is 24.9 Å². The number of thioether (sulfide) groups is 1. The average Bonchev–Trinajstić information content (AvgIpc) is 3.25. The number of hydrogen-bond donors (Lipinski definition) is 0. The molecular weight excluding hydrogens is 326 g/mol. The van der Waals surface area contributed by atoms with Gasteiger partial charge in [-0.1, -0.05) is 43.8 Å². The Morgan fingerprint density at radius 1 is 1.33 bits per heavy atom. The lowest BCUT2D eigenvalue weighted by Gasteiger charge is -2.10. The third-order valence-electron chi connectivity index (χ3n) is 3.21. The summed E-state index contributed by atoms with van der Waals surface area (Å²) < 4.78 is 12.7. The van der Waals surface area contributed by atoms with E-state index in [1.807, 2.05) is 37.5 Å². The van der Waals surface area contributed by atoms with Gasteiger partial charge < -0.3 is 8.94 Å². The highest BCUT2D eigenvalue weighted by atomic mass is 32.2. The number of furan rings is 1. The molecule has 0 fully saturated rings. The summed E-state index contributed by atoms with van der Waals surface area (Å²) in [5.74, 6) is 3.16. The Morgan fingerprint density at radius 3 is 2.79 bits per heavy atom. The topological polar surface area (TPSA) is 82.8 Å². The minimum atomic E-state index is -0.161. The molecule has 3 heterocycles. The average molecular weight is 345 g/mol. The molecular formula is C16H19N5O2S. The summed E-state index contributed by atoms with van der Waals surface area (Å²) in [7, 11) is 0. The zero-order chi connectivity index (χ0) is 17.2. The van der Waals surface area contributed by atoms with Gasteiger partial charge in [0.2, 0.25) is 11.7 Å². The summed E-state index contributed by atoms with van der Waals surface area (Å²) in [6.07, 6.45) is 3.41. The van der Waals surface area contributed by atoms with E-state index >= 15 is 0 Å². The molecule has 0 saturated carbocycles. The first-order valence-electron chi connectivity index (χ1n) is 7.53. The second-order valence-electron chi connectivity index (χ2n) is 6.24. The number of aromatic nitrogens is 5. The van der Waals surface area contributed by atoms with Gasteiger partial charge in [0.25, 0.3) is 0 Å². The monoisotopic (exact) mass is 345 g/mol. The van der Waals surface area contributed by atoms with Crippen LogP contribution in [0.4, 0.5) is 0 Å². The Bertz CT molecular complexity index is 814. The van der Waals surface area contributed by atoms with Crippen molar-refractivity contribution in [1.82, 2.24) is 24.9 Å². The molecule has 0 radical (unpaired) electrons. The predicted molar refractivity (Wildman–Crippen MR) is 90.5 cm³/mol. The van der Waals surface area contributed by atoms with E-state index in [4.69, 9.17) is 8.94 Å². The zero-order valence-corrected chi connectivity index (χ0v) is 14.7. The van der Waals surface area contributed by atoms with E-state index in [0.717, 1.165) is 5.16 Å². The Hall–Kier alpha value is -2.35. The largest absolute Gasteiger partial charge is 0.461 e. The molecule has 0 aliphatic carbocycles. The third-order valence-corrected chi connectivity index (χ3v) is 4.17. The fraction of sp³-hybridized carbons (Fsp3) is 0.375. The number of nitrogens with zero attached hydrogens (tertiary/aromatic N) is 5. The number of allylic oxidation sites excluding steroid dienone is 1. The first-order valence-corrected chi connectivity index (χ1v) is 8.51. The molecule has 0 N–H and O–H groups in total. The van der Waals surface area contributed by atoms with Gasteiger partial charge in [0.05, 0.1) is 12.0 Å². The van der Waals surface area contributed by atoms with E-state index in [-0.39, 0.29) is 5.41 Å². The van der Waals surface area contributed by atoms with Crippen LogP contribution in [0.1, 0.15) is 32.5 Å². The molecule has 0 spiro atoms. The van der Waals surface area contributed by atoms with E-state index in [1.165, 1.54) is 11.8 Å². The first kappa shape index (κ1) is 16.5. The molecule has 7 nitrogen and oxygen atoms in total. The molecule has 0 aliphatic heterocycles. The van der Waals surface area contributed by atoms with Crippen LogP contribution in [0.2, 0.25) is 0 Å². The molecule has 0 aliphatic rings. The Kier molecular flexibility index (Phi) is 4.57. The van der Waals surface area contributed by atoms with Gasteiger partial charge in [-0.15, -0.1) is 16.8 Å². The summed E-state index contributed by atoms with van der Waals surface area (Å²) in [4.78, 5) is 4.43. The van der Waals surface area contributed by atoms with Crippen molar-refractivity contribution in [2.45, 2.75) is 43.6 Å². The van der Waals surface area contributed by atoms with Crippen molar-refractivity contribution < 1.29 is 8.94 Å². The molecule has 3 aromatic rings. The van der Waals surface area contributed by atoms with E-state index < -0.39 is 0 Å². The van der Waals surface area contributed by atoms with Gasteiger partial charge in [0.1, 0.15) is 0 Å². The molecule has 0 saturated heterocycles. The minimum absolute atomic E-state index is 0.161. The molecule has 126 valence electrons. The summed E-state index contributed by atoms with van der Waals surface area (Å²) in [5, 5.41) is 13.2. The smallest absolute Gasteiger partial charge is 0.232 e. The Balaban J connectivity index is 1.78. The fourth-order valence-electron chi connectivity index (χ4n) is 2.02. The lowest BCUT2D eigenvalue weighted by molar-refractivity contribution is 0.319.